The van der Waals surface area contributed by atoms with Crippen molar-refractivity contribution < 1.29 is 0 Å². The number of hydrogen-bond acceptors (Lipinski definition) is 3. The van der Waals surface area contributed by atoms with Crippen LogP contribution < -0.4 is 5.32 Å². The summed E-state index contributed by atoms with van der Waals surface area (Å²) in [5.74, 6) is 0. The smallest absolute Gasteiger partial charge is 0.0931 e. The SMILES string of the molecule is CCC1(C)CN(CCc2ccc(Cl)s2)CCCN1. The van der Waals surface area contributed by atoms with Gasteiger partial charge in [-0.3, -0.25) is 0 Å². The van der Waals surface area contributed by atoms with Gasteiger partial charge in [-0.2, -0.15) is 0 Å². The summed E-state index contributed by atoms with van der Waals surface area (Å²) in [4.78, 5) is 3.99. The second kappa shape index (κ2) is 6.38. The van der Waals surface area contributed by atoms with Crippen LogP contribution in [0.2, 0.25) is 4.34 Å². The zero-order valence-corrected chi connectivity index (χ0v) is 12.9. The summed E-state index contributed by atoms with van der Waals surface area (Å²) < 4.78 is 0.904. The van der Waals surface area contributed by atoms with E-state index in [1.54, 1.807) is 11.3 Å². The lowest BCUT2D eigenvalue weighted by Crippen LogP contribution is -2.48. The Labute approximate surface area is 119 Å². The molecule has 1 saturated heterocycles. The molecule has 0 radical (unpaired) electrons. The Balaban J connectivity index is 1.87. The number of hydrogen-bond donors (Lipinski definition) is 1. The fraction of sp³-hybridized carbons (Fsp3) is 0.714. The first-order chi connectivity index (χ1) is 8.61. The normalized spacial score (nSPS) is 26.2. The van der Waals surface area contributed by atoms with Crippen LogP contribution in [0.1, 0.15) is 31.6 Å². The Hall–Kier alpha value is -0.0900. The van der Waals surface area contributed by atoms with E-state index in [2.05, 4.69) is 30.1 Å². The van der Waals surface area contributed by atoms with Crippen LogP contribution in [0.25, 0.3) is 0 Å². The van der Waals surface area contributed by atoms with Crippen molar-refractivity contribution in [3.63, 3.8) is 0 Å². The maximum Gasteiger partial charge on any atom is 0.0931 e. The molecule has 0 saturated carbocycles. The van der Waals surface area contributed by atoms with Gasteiger partial charge in [0, 0.05) is 23.5 Å². The molecule has 1 aromatic heterocycles. The molecule has 1 fully saturated rings. The number of nitrogens with zero attached hydrogens (tertiary/aromatic N) is 1. The Kier molecular flexibility index (Phi) is 5.07. The molecule has 1 aliphatic heterocycles. The first-order valence-corrected chi connectivity index (χ1v) is 8.02. The third kappa shape index (κ3) is 3.95. The average molecular weight is 287 g/mol. The highest BCUT2D eigenvalue weighted by Gasteiger charge is 2.26. The van der Waals surface area contributed by atoms with Crippen LogP contribution in [0.15, 0.2) is 12.1 Å². The lowest BCUT2D eigenvalue weighted by Gasteiger charge is -2.32. The molecule has 1 N–H and O–H groups in total. The third-order valence-corrected chi connectivity index (χ3v) is 5.15. The molecule has 1 aromatic rings. The van der Waals surface area contributed by atoms with Crippen molar-refractivity contribution in [3.8, 4) is 0 Å². The van der Waals surface area contributed by atoms with Crippen LogP contribution in [-0.4, -0.2) is 36.6 Å². The molecule has 1 aliphatic rings. The maximum absolute atomic E-state index is 5.97. The number of nitrogens with one attached hydrogen (secondary N) is 1. The van der Waals surface area contributed by atoms with Gasteiger partial charge in [0.05, 0.1) is 4.34 Å². The van der Waals surface area contributed by atoms with E-state index in [1.807, 2.05) is 6.07 Å². The molecule has 4 heteroatoms. The predicted octanol–water partition coefficient (Wildman–Crippen LogP) is 3.41. The van der Waals surface area contributed by atoms with Gasteiger partial charge in [-0.15, -0.1) is 11.3 Å². The molecule has 0 aromatic carbocycles. The van der Waals surface area contributed by atoms with Gasteiger partial charge in [-0.05, 0) is 51.4 Å². The number of halogens is 1. The van der Waals surface area contributed by atoms with Gasteiger partial charge in [0.1, 0.15) is 0 Å². The number of rotatable bonds is 4. The lowest BCUT2D eigenvalue weighted by atomic mass is 9.98. The number of thiophene rings is 1. The first kappa shape index (κ1) is 14.3. The fourth-order valence-corrected chi connectivity index (χ4v) is 3.58. The van der Waals surface area contributed by atoms with Crippen molar-refractivity contribution in [1.29, 1.82) is 0 Å². The summed E-state index contributed by atoms with van der Waals surface area (Å²) in [5.41, 5.74) is 0.281. The van der Waals surface area contributed by atoms with Gasteiger partial charge in [-0.1, -0.05) is 18.5 Å². The van der Waals surface area contributed by atoms with Gasteiger partial charge >= 0.3 is 0 Å². The highest BCUT2D eigenvalue weighted by molar-refractivity contribution is 7.16. The van der Waals surface area contributed by atoms with Crippen LogP contribution in [0.4, 0.5) is 0 Å². The van der Waals surface area contributed by atoms with E-state index in [4.69, 9.17) is 11.6 Å². The molecular formula is C14H23ClN2S. The molecule has 0 amide bonds. The van der Waals surface area contributed by atoms with E-state index in [9.17, 15) is 0 Å². The van der Waals surface area contributed by atoms with Crippen molar-refractivity contribution in [3.05, 3.63) is 21.3 Å². The molecule has 102 valence electrons. The summed E-state index contributed by atoms with van der Waals surface area (Å²) in [7, 11) is 0. The quantitative estimate of drug-likeness (QED) is 0.912. The zero-order valence-electron chi connectivity index (χ0n) is 11.3. The topological polar surface area (TPSA) is 15.3 Å². The first-order valence-electron chi connectivity index (χ1n) is 6.83. The third-order valence-electron chi connectivity index (χ3n) is 3.86. The summed E-state index contributed by atoms with van der Waals surface area (Å²) >= 11 is 7.68. The van der Waals surface area contributed by atoms with Gasteiger partial charge < -0.3 is 10.2 Å². The van der Waals surface area contributed by atoms with E-state index >= 15 is 0 Å². The zero-order chi connectivity index (χ0) is 13.0. The molecule has 0 spiro atoms. The largest absolute Gasteiger partial charge is 0.310 e. The molecule has 18 heavy (non-hydrogen) atoms. The van der Waals surface area contributed by atoms with Gasteiger partial charge in [0.2, 0.25) is 0 Å². The van der Waals surface area contributed by atoms with E-state index in [0.717, 1.165) is 30.4 Å². The van der Waals surface area contributed by atoms with Crippen molar-refractivity contribution in [2.75, 3.05) is 26.2 Å². The fourth-order valence-electron chi connectivity index (χ4n) is 2.50. The standard InChI is InChI=1S/C14H23ClN2S/c1-3-14(2)11-17(9-4-8-16-14)10-7-12-5-6-13(15)18-12/h5-6,16H,3-4,7-11H2,1-2H3. The minimum Gasteiger partial charge on any atom is -0.310 e. The summed E-state index contributed by atoms with van der Waals surface area (Å²) in [6.45, 7) is 9.27. The van der Waals surface area contributed by atoms with Crippen LogP contribution in [0, 0.1) is 0 Å². The van der Waals surface area contributed by atoms with E-state index in [1.165, 1.54) is 24.3 Å². The highest BCUT2D eigenvalue weighted by atomic mass is 35.5. The Morgan fingerprint density at radius 3 is 3.00 bits per heavy atom. The molecule has 1 unspecified atom stereocenters. The monoisotopic (exact) mass is 286 g/mol. The van der Waals surface area contributed by atoms with Crippen molar-refractivity contribution in [2.24, 2.45) is 0 Å². The predicted molar refractivity (Wildman–Crippen MR) is 80.8 cm³/mol. The second-order valence-electron chi connectivity index (χ2n) is 5.43. The second-order valence-corrected chi connectivity index (χ2v) is 7.23. The highest BCUT2D eigenvalue weighted by Crippen LogP contribution is 2.22. The van der Waals surface area contributed by atoms with E-state index < -0.39 is 0 Å². The molecule has 2 heterocycles. The maximum atomic E-state index is 5.97. The van der Waals surface area contributed by atoms with Gasteiger partial charge in [0.15, 0.2) is 0 Å². The molecule has 0 bridgehead atoms. The van der Waals surface area contributed by atoms with Crippen molar-refractivity contribution in [2.45, 2.75) is 38.6 Å². The Morgan fingerprint density at radius 2 is 2.33 bits per heavy atom. The van der Waals surface area contributed by atoms with E-state index in [-0.39, 0.29) is 5.54 Å². The van der Waals surface area contributed by atoms with Crippen molar-refractivity contribution >= 4 is 22.9 Å². The Morgan fingerprint density at radius 1 is 1.50 bits per heavy atom. The summed E-state index contributed by atoms with van der Waals surface area (Å²) in [6, 6.07) is 4.16. The van der Waals surface area contributed by atoms with Crippen molar-refractivity contribution in [1.82, 2.24) is 10.2 Å². The van der Waals surface area contributed by atoms with Crippen LogP contribution in [0.5, 0.6) is 0 Å². The molecule has 2 rings (SSSR count). The van der Waals surface area contributed by atoms with Crippen LogP contribution in [-0.2, 0) is 6.42 Å². The molecular weight excluding hydrogens is 264 g/mol. The van der Waals surface area contributed by atoms with Gasteiger partial charge in [0.25, 0.3) is 0 Å². The summed E-state index contributed by atoms with van der Waals surface area (Å²) in [5, 5.41) is 3.68. The molecule has 1 atom stereocenters. The minimum atomic E-state index is 0.281. The lowest BCUT2D eigenvalue weighted by molar-refractivity contribution is 0.217. The van der Waals surface area contributed by atoms with Gasteiger partial charge in [-0.25, -0.2) is 0 Å². The van der Waals surface area contributed by atoms with Crippen LogP contribution in [0.3, 0.4) is 0 Å². The van der Waals surface area contributed by atoms with E-state index in [0.29, 0.717) is 0 Å². The molecule has 2 nitrogen and oxygen atoms in total. The average Bonchev–Trinajstić information content (AvgIpc) is 2.67. The Bertz CT molecular complexity index is 380. The van der Waals surface area contributed by atoms with Crippen LogP contribution >= 0.6 is 22.9 Å². The minimum absolute atomic E-state index is 0.281. The molecule has 0 aliphatic carbocycles. The summed E-state index contributed by atoms with van der Waals surface area (Å²) in [6.07, 6.45) is 3.56.